The first-order chi connectivity index (χ1) is 2.41. The number of unbranched alkanes of at least 4 members (excludes halogenated alkanes) is 1. The minimum atomic E-state index is 0. The molecule has 0 aromatic rings. The van der Waals surface area contributed by atoms with Gasteiger partial charge in [0.2, 0.25) is 0 Å². The number of hydrogen-bond donors (Lipinski definition) is 1. The van der Waals surface area contributed by atoms with Crippen molar-refractivity contribution in [2.45, 2.75) is 19.8 Å². The van der Waals surface area contributed by atoms with Crippen LogP contribution in [0.15, 0.2) is 0 Å². The molecule has 0 aliphatic heterocycles. The van der Waals surface area contributed by atoms with Crippen LogP contribution in [0.25, 0.3) is 0 Å². The summed E-state index contributed by atoms with van der Waals surface area (Å²) in [5.41, 5.74) is 0. The summed E-state index contributed by atoms with van der Waals surface area (Å²) >= 11 is 4.00. The van der Waals surface area contributed by atoms with Crippen molar-refractivity contribution in [2.24, 2.45) is 0 Å². The average Bonchev–Trinajstić information content (AvgIpc) is 1.41. The van der Waals surface area contributed by atoms with Gasteiger partial charge >= 0.3 is 27.7 Å². The maximum Gasteiger partial charge on any atom is 2.00 e. The molecule has 0 nitrogen and oxygen atoms in total. The molecule has 0 atom stereocenters. The van der Waals surface area contributed by atoms with Crippen LogP contribution in [0, 0.1) is 0 Å². The molecule has 0 spiro atoms. The van der Waals surface area contributed by atoms with Gasteiger partial charge in [-0.25, -0.2) is 0 Å². The average molecular weight is 291 g/mol. The molecule has 0 saturated carbocycles. The van der Waals surface area contributed by atoms with Crippen LogP contribution >= 0.6 is 12.6 Å². The van der Waals surface area contributed by atoms with Crippen molar-refractivity contribution in [1.82, 2.24) is 0 Å². The maximum atomic E-state index is 4.00. The molecule has 0 rings (SSSR count). The molecule has 2 heteroatoms. The summed E-state index contributed by atoms with van der Waals surface area (Å²) < 4.78 is 0. The zero-order chi connectivity index (χ0) is 4.12. The first kappa shape index (κ1) is 10.3. The minimum absolute atomic E-state index is 0. The van der Waals surface area contributed by atoms with E-state index in [1.807, 2.05) is 0 Å². The molecule has 0 aliphatic rings. The van der Waals surface area contributed by atoms with E-state index in [9.17, 15) is 0 Å². The van der Waals surface area contributed by atoms with Gasteiger partial charge in [0.1, 0.15) is 0 Å². The first-order valence-electron chi connectivity index (χ1n) is 2.02. The number of rotatable bonds is 2. The fraction of sp³-hybridized carbons (Fsp3) is 1.00. The van der Waals surface area contributed by atoms with E-state index in [0.717, 1.165) is 5.75 Å². The molecule has 0 N–H and O–H groups in total. The standard InChI is InChI=1S/C4H10S.Hg/c1-2-3-4-5;/h5H,2-4H2,1H3;/q;+2. The van der Waals surface area contributed by atoms with Gasteiger partial charge in [-0.3, -0.25) is 0 Å². The van der Waals surface area contributed by atoms with Crippen molar-refractivity contribution >= 4 is 12.6 Å². The largest absolute Gasteiger partial charge is 2.00 e. The van der Waals surface area contributed by atoms with E-state index in [4.69, 9.17) is 0 Å². The van der Waals surface area contributed by atoms with Crippen LogP contribution in [0.1, 0.15) is 19.8 Å². The quantitative estimate of drug-likeness (QED) is 0.581. The summed E-state index contributed by atoms with van der Waals surface area (Å²) in [6.07, 6.45) is 2.52. The van der Waals surface area contributed by atoms with Crippen molar-refractivity contribution in [3.8, 4) is 0 Å². The van der Waals surface area contributed by atoms with Crippen LogP contribution in [0.2, 0.25) is 0 Å². The van der Waals surface area contributed by atoms with Crippen LogP contribution in [-0.4, -0.2) is 5.75 Å². The van der Waals surface area contributed by atoms with Gasteiger partial charge < -0.3 is 0 Å². The predicted molar refractivity (Wildman–Crippen MR) is 28.8 cm³/mol. The molecule has 0 saturated heterocycles. The van der Waals surface area contributed by atoms with Gasteiger partial charge in [0, 0.05) is 0 Å². The maximum absolute atomic E-state index is 4.00. The second kappa shape index (κ2) is 9.56. The van der Waals surface area contributed by atoms with E-state index in [1.165, 1.54) is 12.8 Å². The van der Waals surface area contributed by atoms with E-state index in [0.29, 0.717) is 0 Å². The fourth-order valence-corrected chi connectivity index (χ4v) is 0.474. The van der Waals surface area contributed by atoms with Gasteiger partial charge in [-0.1, -0.05) is 13.3 Å². The summed E-state index contributed by atoms with van der Waals surface area (Å²) in [5, 5.41) is 0. The van der Waals surface area contributed by atoms with Gasteiger partial charge in [-0.2, -0.15) is 12.6 Å². The molecule has 0 aromatic carbocycles. The van der Waals surface area contributed by atoms with Crippen LogP contribution in [0.5, 0.6) is 0 Å². The van der Waals surface area contributed by atoms with Crippen LogP contribution < -0.4 is 0 Å². The van der Waals surface area contributed by atoms with Crippen LogP contribution in [0.4, 0.5) is 0 Å². The zero-order valence-corrected chi connectivity index (χ0v) is 10.7. The van der Waals surface area contributed by atoms with E-state index in [1.54, 1.807) is 0 Å². The third-order valence-corrected chi connectivity index (χ3v) is 0.828. The molecule has 0 bridgehead atoms. The predicted octanol–water partition coefficient (Wildman–Crippen LogP) is 1.71. The molecule has 0 heterocycles. The van der Waals surface area contributed by atoms with Crippen molar-refractivity contribution < 1.29 is 27.7 Å². The fourth-order valence-electron chi connectivity index (χ4n) is 0.158. The summed E-state index contributed by atoms with van der Waals surface area (Å²) in [7, 11) is 0. The van der Waals surface area contributed by atoms with Gasteiger partial charge in [-0.15, -0.1) is 0 Å². The van der Waals surface area contributed by atoms with Crippen molar-refractivity contribution in [1.29, 1.82) is 0 Å². The van der Waals surface area contributed by atoms with Crippen LogP contribution in [0.3, 0.4) is 0 Å². The molecule has 0 amide bonds. The molecule has 0 radical (unpaired) electrons. The van der Waals surface area contributed by atoms with Crippen molar-refractivity contribution in [3.05, 3.63) is 0 Å². The minimum Gasteiger partial charge on any atom is -0.179 e. The Kier molecular flexibility index (Phi) is 16.4. The Balaban J connectivity index is 0. The Hall–Kier alpha value is 1.29. The summed E-state index contributed by atoms with van der Waals surface area (Å²) in [5.74, 6) is 1.04. The molecule has 0 unspecified atom stereocenters. The van der Waals surface area contributed by atoms with Gasteiger partial charge in [0.15, 0.2) is 0 Å². The van der Waals surface area contributed by atoms with Gasteiger partial charge in [0.25, 0.3) is 0 Å². The number of thiol groups is 1. The van der Waals surface area contributed by atoms with Crippen molar-refractivity contribution in [3.63, 3.8) is 0 Å². The molecule has 0 aliphatic carbocycles. The SMILES string of the molecule is CCCCS.[Hg+2]. The Morgan fingerprint density at radius 2 is 2.00 bits per heavy atom. The molecule has 32 valence electrons. The smallest absolute Gasteiger partial charge is 0.179 e. The van der Waals surface area contributed by atoms with Crippen LogP contribution in [-0.2, 0) is 27.7 Å². The molecular formula is C4H10HgS+2. The van der Waals surface area contributed by atoms with Gasteiger partial charge in [-0.05, 0) is 12.2 Å². The normalized spacial score (nSPS) is 7.00. The second-order valence-electron chi connectivity index (χ2n) is 1.08. The summed E-state index contributed by atoms with van der Waals surface area (Å²) in [6, 6.07) is 0. The second-order valence-corrected chi connectivity index (χ2v) is 1.52. The third-order valence-electron chi connectivity index (χ3n) is 0.512. The molecular weight excluding hydrogens is 281 g/mol. The van der Waals surface area contributed by atoms with Gasteiger partial charge in [0.05, 0.1) is 0 Å². The zero-order valence-electron chi connectivity index (χ0n) is 4.28. The first-order valence-corrected chi connectivity index (χ1v) is 2.66. The summed E-state index contributed by atoms with van der Waals surface area (Å²) in [6.45, 7) is 2.16. The summed E-state index contributed by atoms with van der Waals surface area (Å²) in [4.78, 5) is 0. The molecule has 6 heavy (non-hydrogen) atoms. The monoisotopic (exact) mass is 292 g/mol. The van der Waals surface area contributed by atoms with E-state index < -0.39 is 0 Å². The van der Waals surface area contributed by atoms with E-state index in [-0.39, 0.29) is 27.7 Å². The number of hydrogen-bond acceptors (Lipinski definition) is 1. The third kappa shape index (κ3) is 8.99. The molecule has 0 fully saturated rings. The Morgan fingerprint density at radius 3 is 2.00 bits per heavy atom. The van der Waals surface area contributed by atoms with E-state index >= 15 is 0 Å². The molecule has 0 aromatic heterocycles. The van der Waals surface area contributed by atoms with E-state index in [2.05, 4.69) is 19.6 Å². The Labute approximate surface area is 65.6 Å². The van der Waals surface area contributed by atoms with Crippen molar-refractivity contribution in [2.75, 3.05) is 5.75 Å². The Bertz CT molecular complexity index is 15.0. The topological polar surface area (TPSA) is 0 Å². The Morgan fingerprint density at radius 1 is 1.50 bits per heavy atom.